The van der Waals surface area contributed by atoms with E-state index in [-0.39, 0.29) is 6.61 Å². The first-order valence-corrected chi connectivity index (χ1v) is 8.95. The largest absolute Gasteiger partial charge is 0.490 e. The van der Waals surface area contributed by atoms with Gasteiger partial charge in [0.2, 0.25) is 0 Å². The Labute approximate surface area is 162 Å². The molecule has 7 heteroatoms. The molecule has 0 heterocycles. The zero-order valence-electron chi connectivity index (χ0n) is 14.6. The van der Waals surface area contributed by atoms with Crippen LogP contribution in [-0.2, 0) is 17.9 Å². The molecular formula is C19H21Cl2NO4. The van der Waals surface area contributed by atoms with Crippen LogP contribution in [0.15, 0.2) is 36.4 Å². The van der Waals surface area contributed by atoms with Crippen molar-refractivity contribution >= 4 is 29.2 Å². The number of carbonyl (C=O) groups is 1. The lowest BCUT2D eigenvalue weighted by atomic mass is 10.2. The number of rotatable bonds is 9. The third-order valence-corrected chi connectivity index (χ3v) is 4.43. The number of hydrogen-bond donors (Lipinski definition) is 2. The summed E-state index contributed by atoms with van der Waals surface area (Å²) in [5.74, 6) is 0.252. The molecule has 0 aliphatic carbocycles. The van der Waals surface area contributed by atoms with E-state index in [0.717, 1.165) is 5.56 Å². The van der Waals surface area contributed by atoms with Gasteiger partial charge >= 0.3 is 5.97 Å². The fraction of sp³-hybridized carbons (Fsp3) is 0.316. The molecule has 2 N–H and O–H groups in total. The van der Waals surface area contributed by atoms with Crippen LogP contribution in [0.3, 0.4) is 0 Å². The van der Waals surface area contributed by atoms with Crippen LogP contribution >= 0.6 is 23.2 Å². The van der Waals surface area contributed by atoms with Crippen molar-refractivity contribution in [3.05, 3.63) is 57.6 Å². The van der Waals surface area contributed by atoms with Crippen LogP contribution in [0.2, 0.25) is 10.0 Å². The van der Waals surface area contributed by atoms with E-state index in [4.69, 9.17) is 37.8 Å². The van der Waals surface area contributed by atoms with Crippen molar-refractivity contribution in [2.45, 2.75) is 33.0 Å². The fourth-order valence-electron chi connectivity index (χ4n) is 2.23. The molecule has 0 fully saturated rings. The minimum absolute atomic E-state index is 0.215. The summed E-state index contributed by atoms with van der Waals surface area (Å²) in [6.45, 7) is 4.57. The van der Waals surface area contributed by atoms with Crippen LogP contribution in [0, 0.1) is 0 Å². The molecule has 2 rings (SSSR count). The van der Waals surface area contributed by atoms with Gasteiger partial charge in [0.1, 0.15) is 12.6 Å². The Bertz CT molecular complexity index is 747. The molecule has 0 aromatic heterocycles. The summed E-state index contributed by atoms with van der Waals surface area (Å²) < 4.78 is 11.5. The fourth-order valence-corrected chi connectivity index (χ4v) is 2.73. The van der Waals surface area contributed by atoms with Crippen LogP contribution in [0.25, 0.3) is 0 Å². The van der Waals surface area contributed by atoms with Crippen molar-refractivity contribution < 1.29 is 19.4 Å². The zero-order valence-corrected chi connectivity index (χ0v) is 16.1. The summed E-state index contributed by atoms with van der Waals surface area (Å²) in [6.07, 6.45) is 0. The maximum atomic E-state index is 10.9. The summed E-state index contributed by atoms with van der Waals surface area (Å²) >= 11 is 12.3. The van der Waals surface area contributed by atoms with Gasteiger partial charge < -0.3 is 19.9 Å². The highest BCUT2D eigenvalue weighted by Crippen LogP contribution is 2.31. The molecule has 0 aliphatic rings. The molecule has 0 spiro atoms. The first-order valence-electron chi connectivity index (χ1n) is 8.20. The maximum Gasteiger partial charge on any atom is 0.320 e. The Morgan fingerprint density at radius 2 is 1.85 bits per heavy atom. The number of carboxylic acid groups (broad SMARTS) is 1. The Balaban J connectivity index is 2.11. The van der Waals surface area contributed by atoms with Gasteiger partial charge in [-0.05, 0) is 43.7 Å². The van der Waals surface area contributed by atoms with Gasteiger partial charge in [-0.25, -0.2) is 0 Å². The Kier molecular flexibility index (Phi) is 7.57. The number of aliphatic carboxylic acids is 1. The molecule has 0 radical (unpaired) electrons. The maximum absolute atomic E-state index is 10.9. The van der Waals surface area contributed by atoms with Gasteiger partial charge in [0.15, 0.2) is 11.5 Å². The quantitative estimate of drug-likeness (QED) is 0.650. The van der Waals surface area contributed by atoms with E-state index in [2.05, 4.69) is 5.32 Å². The second kappa shape index (κ2) is 9.67. The average Bonchev–Trinajstić information content (AvgIpc) is 2.60. The van der Waals surface area contributed by atoms with Crippen LogP contribution in [0.4, 0.5) is 0 Å². The smallest absolute Gasteiger partial charge is 0.320 e. The normalized spacial score (nSPS) is 11.8. The third kappa shape index (κ3) is 5.53. The van der Waals surface area contributed by atoms with Gasteiger partial charge in [-0.15, -0.1) is 0 Å². The van der Waals surface area contributed by atoms with Crippen LogP contribution in [0.5, 0.6) is 11.5 Å². The first-order chi connectivity index (χ1) is 12.4. The van der Waals surface area contributed by atoms with Crippen molar-refractivity contribution in [3.8, 4) is 11.5 Å². The molecule has 0 saturated heterocycles. The van der Waals surface area contributed by atoms with Gasteiger partial charge in [-0.1, -0.05) is 35.3 Å². The standard InChI is InChI=1S/C19H21Cl2NO4/c1-3-25-18-9-13(10-22-12(2)19(23)24)7-8-17(18)26-11-14-15(20)5-4-6-16(14)21/h4-9,12,22H,3,10-11H2,1-2H3,(H,23,24). The number of ether oxygens (including phenoxy) is 2. The van der Waals surface area contributed by atoms with E-state index in [0.29, 0.717) is 40.3 Å². The minimum Gasteiger partial charge on any atom is -0.490 e. The molecular weight excluding hydrogens is 377 g/mol. The van der Waals surface area contributed by atoms with E-state index in [1.807, 2.05) is 19.1 Å². The van der Waals surface area contributed by atoms with Crippen molar-refractivity contribution in [2.24, 2.45) is 0 Å². The Morgan fingerprint density at radius 1 is 1.15 bits per heavy atom. The van der Waals surface area contributed by atoms with Crippen molar-refractivity contribution in [3.63, 3.8) is 0 Å². The van der Waals surface area contributed by atoms with Crippen LogP contribution in [0.1, 0.15) is 25.0 Å². The highest BCUT2D eigenvalue weighted by atomic mass is 35.5. The number of benzene rings is 2. The molecule has 0 amide bonds. The lowest BCUT2D eigenvalue weighted by Crippen LogP contribution is -2.33. The Morgan fingerprint density at radius 3 is 2.46 bits per heavy atom. The molecule has 0 bridgehead atoms. The van der Waals surface area contributed by atoms with E-state index in [1.54, 1.807) is 31.2 Å². The highest BCUT2D eigenvalue weighted by Gasteiger charge is 2.12. The van der Waals surface area contributed by atoms with Crippen molar-refractivity contribution in [1.29, 1.82) is 0 Å². The predicted molar refractivity (Wildman–Crippen MR) is 102 cm³/mol. The first kappa shape index (κ1) is 20.4. The summed E-state index contributed by atoms with van der Waals surface area (Å²) in [4.78, 5) is 10.9. The van der Waals surface area contributed by atoms with E-state index in [1.165, 1.54) is 0 Å². The summed E-state index contributed by atoms with van der Waals surface area (Å²) in [5, 5.41) is 12.9. The molecule has 26 heavy (non-hydrogen) atoms. The minimum atomic E-state index is -0.897. The van der Waals surface area contributed by atoms with E-state index >= 15 is 0 Å². The van der Waals surface area contributed by atoms with Crippen molar-refractivity contribution in [2.75, 3.05) is 6.61 Å². The summed E-state index contributed by atoms with van der Waals surface area (Å²) in [5.41, 5.74) is 1.60. The predicted octanol–water partition coefficient (Wildman–Crippen LogP) is 4.53. The molecule has 0 aliphatic heterocycles. The molecule has 0 saturated carbocycles. The molecule has 5 nitrogen and oxygen atoms in total. The molecule has 2 aromatic carbocycles. The molecule has 140 valence electrons. The van der Waals surface area contributed by atoms with Gasteiger partial charge in [0, 0.05) is 22.2 Å². The van der Waals surface area contributed by atoms with Crippen LogP contribution < -0.4 is 14.8 Å². The second-order valence-electron chi connectivity index (χ2n) is 5.64. The van der Waals surface area contributed by atoms with Gasteiger partial charge in [0.05, 0.1) is 6.61 Å². The summed E-state index contributed by atoms with van der Waals surface area (Å²) in [6, 6.07) is 10.1. The number of halogens is 2. The lowest BCUT2D eigenvalue weighted by Gasteiger charge is -2.15. The van der Waals surface area contributed by atoms with Crippen molar-refractivity contribution in [1.82, 2.24) is 5.32 Å². The SMILES string of the molecule is CCOc1cc(CNC(C)C(=O)O)ccc1OCc1c(Cl)cccc1Cl. The van der Waals surface area contributed by atoms with Gasteiger partial charge in [-0.3, -0.25) is 4.79 Å². The molecule has 1 atom stereocenters. The number of hydrogen-bond acceptors (Lipinski definition) is 4. The topological polar surface area (TPSA) is 67.8 Å². The van der Waals surface area contributed by atoms with E-state index in [9.17, 15) is 4.79 Å². The van der Waals surface area contributed by atoms with Gasteiger partial charge in [0.25, 0.3) is 0 Å². The summed E-state index contributed by atoms with van der Waals surface area (Å²) in [7, 11) is 0. The molecule has 1 unspecified atom stereocenters. The second-order valence-corrected chi connectivity index (χ2v) is 6.46. The lowest BCUT2D eigenvalue weighted by molar-refractivity contribution is -0.139. The number of nitrogens with one attached hydrogen (secondary N) is 1. The monoisotopic (exact) mass is 397 g/mol. The Hall–Kier alpha value is -1.95. The van der Waals surface area contributed by atoms with E-state index < -0.39 is 12.0 Å². The highest BCUT2D eigenvalue weighted by molar-refractivity contribution is 6.35. The third-order valence-electron chi connectivity index (χ3n) is 3.72. The number of carboxylic acids is 1. The average molecular weight is 398 g/mol. The zero-order chi connectivity index (χ0) is 19.1. The molecule has 2 aromatic rings. The van der Waals surface area contributed by atoms with Crippen LogP contribution in [-0.4, -0.2) is 23.7 Å². The van der Waals surface area contributed by atoms with Gasteiger partial charge in [-0.2, -0.15) is 0 Å².